The zero-order valence-corrected chi connectivity index (χ0v) is 13.4. The van der Waals surface area contributed by atoms with Gasteiger partial charge in [-0.3, -0.25) is 4.39 Å². The van der Waals surface area contributed by atoms with Crippen molar-refractivity contribution >= 4 is 15.8 Å². The predicted molar refractivity (Wildman–Crippen MR) is 82.7 cm³/mol. The number of rotatable bonds is 4. The van der Waals surface area contributed by atoms with E-state index in [9.17, 15) is 18.5 Å². The molecule has 1 aromatic carbocycles. The number of urea groups is 1. The summed E-state index contributed by atoms with van der Waals surface area (Å²) in [6, 6.07) is 5.01. The lowest BCUT2D eigenvalue weighted by Crippen LogP contribution is -2.09. The maximum absolute atomic E-state index is 12.1. The molecule has 0 bridgehead atoms. The van der Waals surface area contributed by atoms with Crippen LogP contribution in [0.25, 0.3) is 0 Å². The number of nitrogens with two attached hydrogens (primary N) is 1. The molecule has 8 heteroatoms. The van der Waals surface area contributed by atoms with E-state index in [1.165, 1.54) is 30.5 Å². The summed E-state index contributed by atoms with van der Waals surface area (Å²) in [5.41, 5.74) is 5.39. The number of aliphatic hydroxyl groups is 1. The molecule has 0 heterocycles. The average Bonchev–Trinajstić information content (AvgIpc) is 2.40. The van der Waals surface area contributed by atoms with Crippen molar-refractivity contribution in [3.8, 4) is 0 Å². The van der Waals surface area contributed by atoms with Gasteiger partial charge in [-0.2, -0.15) is 0 Å². The Labute approximate surface area is 125 Å². The molecule has 0 aromatic heterocycles. The van der Waals surface area contributed by atoms with Crippen LogP contribution in [0.15, 0.2) is 33.5 Å². The number of nitrogens with zero attached hydrogens (tertiary/aromatic N) is 1. The van der Waals surface area contributed by atoms with E-state index in [0.717, 1.165) is 0 Å². The van der Waals surface area contributed by atoms with Gasteiger partial charge in [0.2, 0.25) is 0 Å². The summed E-state index contributed by atoms with van der Waals surface area (Å²) in [6.45, 7) is 3.38. The van der Waals surface area contributed by atoms with Crippen LogP contribution in [0.5, 0.6) is 0 Å². The third-order valence-electron chi connectivity index (χ3n) is 2.35. The first-order chi connectivity index (χ1) is 9.36. The molecule has 2 atom stereocenters. The van der Waals surface area contributed by atoms with Gasteiger partial charge in [-0.05, 0) is 17.7 Å². The van der Waals surface area contributed by atoms with Crippen molar-refractivity contribution in [2.24, 2.45) is 10.1 Å². The molecule has 1 rings (SSSR count). The van der Waals surface area contributed by atoms with Gasteiger partial charge in [-0.15, -0.1) is 4.36 Å². The minimum absolute atomic E-state index is 0. The fourth-order valence-corrected chi connectivity index (χ4v) is 2.53. The second kappa shape index (κ2) is 10.3. The summed E-state index contributed by atoms with van der Waals surface area (Å²) in [6.07, 6.45) is 0.405. The zero-order valence-electron chi connectivity index (χ0n) is 12.6. The highest BCUT2D eigenvalue weighted by molar-refractivity contribution is 7.93. The Morgan fingerprint density at radius 3 is 2.24 bits per heavy atom. The van der Waals surface area contributed by atoms with Crippen molar-refractivity contribution in [1.82, 2.24) is 6.15 Å². The third kappa shape index (κ3) is 7.16. The highest BCUT2D eigenvalue weighted by Crippen LogP contribution is 2.19. The summed E-state index contributed by atoms with van der Waals surface area (Å²) >= 11 is 0. The van der Waals surface area contributed by atoms with Crippen LogP contribution in [-0.2, 0) is 9.73 Å². The maximum Gasteiger partial charge on any atom is 0.346 e. The van der Waals surface area contributed by atoms with Gasteiger partial charge in [0.05, 0.1) is 22.5 Å². The molecule has 1 unspecified atom stereocenters. The Bertz CT molecular complexity index is 540. The minimum atomic E-state index is -2.87. The smallest absolute Gasteiger partial charge is 0.346 e. The Kier molecular flexibility index (Phi) is 10.6. The van der Waals surface area contributed by atoms with E-state index in [4.69, 9.17) is 5.73 Å². The van der Waals surface area contributed by atoms with Crippen LogP contribution < -0.4 is 11.9 Å². The molecular formula is C13H24FN3O3S. The van der Waals surface area contributed by atoms with Crippen LogP contribution in [0, 0.1) is 0 Å². The summed E-state index contributed by atoms with van der Waals surface area (Å²) < 4.78 is 27.4. The molecular weight excluding hydrogens is 297 g/mol. The van der Waals surface area contributed by atoms with E-state index in [2.05, 4.69) is 4.36 Å². The lowest BCUT2D eigenvalue weighted by molar-refractivity contribution is 0.156. The van der Waals surface area contributed by atoms with E-state index in [1.807, 2.05) is 13.8 Å². The zero-order chi connectivity index (χ0) is 15.8. The van der Waals surface area contributed by atoms with Crippen molar-refractivity contribution < 1.29 is 18.5 Å². The highest BCUT2D eigenvalue weighted by atomic mass is 32.2. The predicted octanol–water partition coefficient (Wildman–Crippen LogP) is 2.80. The number of alkyl halides is 1. The van der Waals surface area contributed by atoms with Crippen molar-refractivity contribution in [2.75, 3.05) is 12.9 Å². The van der Waals surface area contributed by atoms with E-state index < -0.39 is 28.5 Å². The normalized spacial score (nSPS) is 13.8. The van der Waals surface area contributed by atoms with Gasteiger partial charge < -0.3 is 17.0 Å². The summed E-state index contributed by atoms with van der Waals surface area (Å²) in [5, 5.41) is 9.55. The van der Waals surface area contributed by atoms with E-state index in [-0.39, 0.29) is 12.6 Å². The molecule has 6 N–H and O–H groups in total. The lowest BCUT2D eigenvalue weighted by Gasteiger charge is -2.10. The van der Waals surface area contributed by atoms with Gasteiger partial charge in [0.25, 0.3) is 0 Å². The van der Waals surface area contributed by atoms with Crippen molar-refractivity contribution in [1.29, 1.82) is 0 Å². The Hall–Kier alpha value is -1.51. The quantitative estimate of drug-likeness (QED) is 0.787. The van der Waals surface area contributed by atoms with Gasteiger partial charge in [-0.1, -0.05) is 26.0 Å². The Morgan fingerprint density at radius 1 is 1.38 bits per heavy atom. The number of halogens is 1. The van der Waals surface area contributed by atoms with Gasteiger partial charge >= 0.3 is 6.03 Å². The average molecular weight is 321 g/mol. The molecule has 0 radical (unpaired) electrons. The molecule has 0 saturated heterocycles. The van der Waals surface area contributed by atoms with Crippen LogP contribution in [-0.4, -0.2) is 28.3 Å². The van der Waals surface area contributed by atoms with Crippen LogP contribution in [0.2, 0.25) is 0 Å². The largest absolute Gasteiger partial charge is 0.388 e. The van der Waals surface area contributed by atoms with E-state index in [1.54, 1.807) is 0 Å². The second-order valence-electron chi connectivity index (χ2n) is 3.79. The molecule has 122 valence electrons. The van der Waals surface area contributed by atoms with Crippen molar-refractivity contribution in [3.63, 3.8) is 0 Å². The highest BCUT2D eigenvalue weighted by Gasteiger charge is 2.11. The van der Waals surface area contributed by atoms with Gasteiger partial charge in [0, 0.05) is 17.6 Å². The molecule has 0 aliphatic rings. The first-order valence-corrected chi connectivity index (χ1v) is 8.14. The van der Waals surface area contributed by atoms with Crippen LogP contribution in [0.3, 0.4) is 0 Å². The van der Waals surface area contributed by atoms with Gasteiger partial charge in [0.1, 0.15) is 0 Å². The molecule has 0 spiro atoms. The number of carbonyl (C=O) groups is 1. The number of carbonyl (C=O) groups excluding carboxylic acids is 1. The summed E-state index contributed by atoms with van der Waals surface area (Å²) in [7, 11) is -2.87. The number of hydrogen-bond donors (Lipinski definition) is 3. The topological polar surface area (TPSA) is 128 Å². The standard InChI is InChI=1S/C11H15FN2O3S.C2H6.H3N/c1-18(17,14-11(13)16)9-4-2-8(3-5-9)10(15)6-7-12;1-2;/h2-5,10,15H,6-7H2,1H3,(H2,13,16);1-2H3;1H3/t10-,18?;;/m0../s1. The van der Waals surface area contributed by atoms with Crippen LogP contribution in [0.1, 0.15) is 31.9 Å². The third-order valence-corrected chi connectivity index (χ3v) is 4.02. The number of hydrogen-bond acceptors (Lipinski definition) is 4. The molecule has 0 saturated carbocycles. The molecule has 2 amide bonds. The monoisotopic (exact) mass is 321 g/mol. The number of aliphatic hydroxyl groups excluding tert-OH is 1. The Morgan fingerprint density at radius 2 is 1.86 bits per heavy atom. The second-order valence-corrected chi connectivity index (χ2v) is 6.05. The maximum atomic E-state index is 12.1. The molecule has 21 heavy (non-hydrogen) atoms. The summed E-state index contributed by atoms with van der Waals surface area (Å²) in [4.78, 5) is 11.0. The summed E-state index contributed by atoms with van der Waals surface area (Å²) in [5.74, 6) is 0. The molecule has 0 fully saturated rings. The number of benzene rings is 1. The first-order valence-electron chi connectivity index (χ1n) is 6.22. The van der Waals surface area contributed by atoms with Crippen molar-refractivity contribution in [2.45, 2.75) is 31.3 Å². The van der Waals surface area contributed by atoms with E-state index in [0.29, 0.717) is 10.5 Å². The van der Waals surface area contributed by atoms with Crippen molar-refractivity contribution in [3.05, 3.63) is 29.8 Å². The number of amides is 2. The van der Waals surface area contributed by atoms with Gasteiger partial charge in [0.15, 0.2) is 0 Å². The molecule has 0 aliphatic carbocycles. The fourth-order valence-electron chi connectivity index (χ4n) is 1.44. The fraction of sp³-hybridized carbons (Fsp3) is 0.462. The SMILES string of the molecule is CC.CS(=O)(=NC(N)=O)c1ccc([C@@H](O)CCF)cc1.N. The van der Waals surface area contributed by atoms with Crippen LogP contribution >= 0.6 is 0 Å². The van der Waals surface area contributed by atoms with Crippen LogP contribution in [0.4, 0.5) is 9.18 Å². The molecule has 0 aliphatic heterocycles. The minimum Gasteiger partial charge on any atom is -0.388 e. The Balaban J connectivity index is 0. The molecule has 1 aromatic rings. The lowest BCUT2D eigenvalue weighted by atomic mass is 10.1. The first kappa shape index (κ1) is 21.8. The molecule has 6 nitrogen and oxygen atoms in total. The van der Waals surface area contributed by atoms with E-state index >= 15 is 0 Å². The van der Waals surface area contributed by atoms with Gasteiger partial charge in [-0.25, -0.2) is 9.00 Å². The number of primary amides is 1.